The largest absolute Gasteiger partial charge is 0.323 e. The second-order valence-electron chi connectivity index (χ2n) is 6.51. The molecule has 2 aliphatic rings. The maximum absolute atomic E-state index is 12.4. The Morgan fingerprint density at radius 1 is 1.50 bits per heavy atom. The molecule has 4 atom stereocenters. The van der Waals surface area contributed by atoms with E-state index in [1.165, 1.54) is 0 Å². The average molecular weight is 266 g/mol. The van der Waals surface area contributed by atoms with E-state index in [1.807, 2.05) is 23.6 Å². The zero-order chi connectivity index (χ0) is 13.5. The second-order valence-corrected chi connectivity index (χ2v) is 8.36. The maximum Gasteiger partial charge on any atom is 0.227 e. The van der Waals surface area contributed by atoms with Crippen LogP contribution in [0.4, 0.5) is 0 Å². The summed E-state index contributed by atoms with van der Waals surface area (Å²) in [5.74, 6) is 1.66. The van der Waals surface area contributed by atoms with Crippen LogP contribution in [0.3, 0.4) is 0 Å². The van der Waals surface area contributed by atoms with Crippen molar-refractivity contribution in [3.05, 3.63) is 0 Å². The summed E-state index contributed by atoms with van der Waals surface area (Å²) in [4.78, 5) is 14.3. The fourth-order valence-corrected chi connectivity index (χ4v) is 3.48. The van der Waals surface area contributed by atoms with Crippen LogP contribution in [-0.2, 0) is 4.79 Å². The van der Waals surface area contributed by atoms with Gasteiger partial charge in [-0.25, -0.2) is 0 Å². The Kier molecular flexibility index (Phi) is 3.64. The summed E-state index contributed by atoms with van der Waals surface area (Å²) in [5.41, 5.74) is 0. The van der Waals surface area contributed by atoms with E-state index in [0.29, 0.717) is 12.0 Å². The first-order chi connectivity index (χ1) is 8.33. The van der Waals surface area contributed by atoms with Crippen molar-refractivity contribution in [1.82, 2.24) is 4.90 Å². The third-order valence-corrected chi connectivity index (χ3v) is 5.23. The van der Waals surface area contributed by atoms with Crippen molar-refractivity contribution in [2.75, 3.05) is 5.75 Å². The minimum atomic E-state index is -0.164. The number of thioether (sulfide) groups is 1. The first-order valence-electron chi connectivity index (χ1n) is 6.69. The van der Waals surface area contributed by atoms with Crippen LogP contribution in [-0.4, -0.2) is 33.4 Å². The van der Waals surface area contributed by atoms with Gasteiger partial charge in [0.15, 0.2) is 0 Å². The molecule has 18 heavy (non-hydrogen) atoms. The Bertz CT molecular complexity index is 382. The van der Waals surface area contributed by atoms with Gasteiger partial charge in [0.05, 0.1) is 6.07 Å². The molecule has 2 fully saturated rings. The number of carbonyl (C=O) groups excluding carboxylic acids is 1. The normalized spacial score (nSPS) is 31.7. The molecular weight excluding hydrogens is 244 g/mol. The van der Waals surface area contributed by atoms with Crippen LogP contribution in [0.15, 0.2) is 0 Å². The Hall–Kier alpha value is -0.690. The highest BCUT2D eigenvalue weighted by molar-refractivity contribution is 8.00. The first-order valence-corrected chi connectivity index (χ1v) is 7.68. The summed E-state index contributed by atoms with van der Waals surface area (Å²) in [5, 5.41) is 9.12. The minimum absolute atomic E-state index is 0.0180. The molecule has 1 aliphatic carbocycles. The van der Waals surface area contributed by atoms with Crippen molar-refractivity contribution in [3.8, 4) is 6.07 Å². The molecule has 1 amide bonds. The zero-order valence-corrected chi connectivity index (χ0v) is 12.5. The molecule has 0 N–H and O–H groups in total. The van der Waals surface area contributed by atoms with Gasteiger partial charge in [-0.05, 0) is 18.8 Å². The van der Waals surface area contributed by atoms with E-state index in [0.717, 1.165) is 18.6 Å². The van der Waals surface area contributed by atoms with Gasteiger partial charge in [-0.1, -0.05) is 27.7 Å². The Labute approximate surface area is 114 Å². The van der Waals surface area contributed by atoms with Crippen LogP contribution in [0, 0.1) is 23.2 Å². The number of nitrogens with zero attached hydrogens (tertiary/aromatic N) is 2. The number of rotatable bonds is 3. The van der Waals surface area contributed by atoms with Crippen LogP contribution in [0.5, 0.6) is 0 Å². The van der Waals surface area contributed by atoms with Crippen LogP contribution in [0.1, 0.15) is 40.5 Å². The van der Waals surface area contributed by atoms with Gasteiger partial charge in [0.25, 0.3) is 0 Å². The molecule has 1 saturated carbocycles. The van der Waals surface area contributed by atoms with Crippen LogP contribution >= 0.6 is 11.8 Å². The number of nitriles is 1. The predicted octanol–water partition coefficient (Wildman–Crippen LogP) is 2.67. The van der Waals surface area contributed by atoms with Crippen molar-refractivity contribution in [2.45, 2.75) is 57.4 Å². The number of piperidine rings is 1. The third kappa shape index (κ3) is 2.83. The Morgan fingerprint density at radius 3 is 2.72 bits per heavy atom. The summed E-state index contributed by atoms with van der Waals surface area (Å²) in [7, 11) is 0. The predicted molar refractivity (Wildman–Crippen MR) is 74.1 cm³/mol. The van der Waals surface area contributed by atoms with E-state index >= 15 is 0 Å². The molecule has 2 rings (SSSR count). The standard InChI is InChI=1S/C14H22N2OS/c1-9(8-18-14(2,3)4)13(17)16-11(7-15)5-10-6-12(10)16/h9-12H,5-6,8H2,1-4H3/t9?,10-,11?,12+/m1/s1. The lowest BCUT2D eigenvalue weighted by molar-refractivity contribution is -0.135. The highest BCUT2D eigenvalue weighted by Gasteiger charge is 2.54. The van der Waals surface area contributed by atoms with E-state index in [1.54, 1.807) is 0 Å². The second kappa shape index (κ2) is 4.77. The lowest BCUT2D eigenvalue weighted by Crippen LogP contribution is -2.41. The molecular formula is C14H22N2OS. The highest BCUT2D eigenvalue weighted by Crippen LogP contribution is 2.48. The van der Waals surface area contributed by atoms with Gasteiger partial charge in [0.1, 0.15) is 6.04 Å². The molecule has 4 heteroatoms. The SMILES string of the molecule is CC(CSC(C)(C)C)C(=O)N1C(C#N)C[C@@H]2C[C@@H]21. The van der Waals surface area contributed by atoms with Crippen molar-refractivity contribution < 1.29 is 4.79 Å². The van der Waals surface area contributed by atoms with E-state index in [-0.39, 0.29) is 22.6 Å². The van der Waals surface area contributed by atoms with Gasteiger partial charge in [-0.15, -0.1) is 0 Å². The van der Waals surface area contributed by atoms with E-state index in [4.69, 9.17) is 5.26 Å². The quantitative estimate of drug-likeness (QED) is 0.789. The number of hydrogen-bond acceptors (Lipinski definition) is 3. The summed E-state index contributed by atoms with van der Waals surface area (Å²) in [6.45, 7) is 8.49. The monoisotopic (exact) mass is 266 g/mol. The summed E-state index contributed by atoms with van der Waals surface area (Å²) in [6.07, 6.45) is 2.01. The molecule has 0 radical (unpaired) electrons. The molecule has 0 aromatic carbocycles. The number of amides is 1. The first kappa shape index (κ1) is 13.7. The van der Waals surface area contributed by atoms with Gasteiger partial charge >= 0.3 is 0 Å². The van der Waals surface area contributed by atoms with E-state index in [9.17, 15) is 4.79 Å². The smallest absolute Gasteiger partial charge is 0.227 e. The van der Waals surface area contributed by atoms with Gasteiger partial charge in [0, 0.05) is 22.5 Å². The molecule has 2 unspecified atom stereocenters. The molecule has 0 aromatic rings. The molecule has 3 nitrogen and oxygen atoms in total. The minimum Gasteiger partial charge on any atom is -0.323 e. The highest BCUT2D eigenvalue weighted by atomic mass is 32.2. The lowest BCUT2D eigenvalue weighted by Gasteiger charge is -2.27. The van der Waals surface area contributed by atoms with Gasteiger partial charge < -0.3 is 4.90 Å². The van der Waals surface area contributed by atoms with Gasteiger partial charge in [0.2, 0.25) is 5.91 Å². The number of carbonyl (C=O) groups is 1. The summed E-state index contributed by atoms with van der Waals surface area (Å²) < 4.78 is 0.191. The van der Waals surface area contributed by atoms with Crippen molar-refractivity contribution in [3.63, 3.8) is 0 Å². The van der Waals surface area contributed by atoms with Crippen LogP contribution < -0.4 is 0 Å². The average Bonchev–Trinajstić information content (AvgIpc) is 2.95. The molecule has 0 aromatic heterocycles. The fraction of sp³-hybridized carbons (Fsp3) is 0.857. The van der Waals surface area contributed by atoms with Gasteiger partial charge in [-0.2, -0.15) is 17.0 Å². The topological polar surface area (TPSA) is 44.1 Å². The lowest BCUT2D eigenvalue weighted by atomic mass is 10.1. The molecule has 0 bridgehead atoms. The maximum atomic E-state index is 12.4. The Morgan fingerprint density at radius 2 is 2.17 bits per heavy atom. The van der Waals surface area contributed by atoms with Crippen LogP contribution in [0.25, 0.3) is 0 Å². The number of fused-ring (bicyclic) bond motifs is 1. The van der Waals surface area contributed by atoms with E-state index in [2.05, 4.69) is 26.8 Å². The number of hydrogen-bond donors (Lipinski definition) is 0. The summed E-state index contributed by atoms with van der Waals surface area (Å²) in [6, 6.07) is 2.50. The zero-order valence-electron chi connectivity index (χ0n) is 11.6. The van der Waals surface area contributed by atoms with Crippen LogP contribution in [0.2, 0.25) is 0 Å². The number of likely N-dealkylation sites (tertiary alicyclic amines) is 1. The van der Waals surface area contributed by atoms with Crippen molar-refractivity contribution >= 4 is 17.7 Å². The molecule has 1 saturated heterocycles. The molecule has 0 spiro atoms. The molecule has 1 aliphatic heterocycles. The fourth-order valence-electron chi connectivity index (χ4n) is 2.59. The molecule has 100 valence electrons. The van der Waals surface area contributed by atoms with E-state index < -0.39 is 0 Å². The molecule has 1 heterocycles. The third-order valence-electron chi connectivity index (χ3n) is 3.70. The van der Waals surface area contributed by atoms with Crippen molar-refractivity contribution in [1.29, 1.82) is 5.26 Å². The van der Waals surface area contributed by atoms with Crippen molar-refractivity contribution in [2.24, 2.45) is 11.8 Å². The van der Waals surface area contributed by atoms with Gasteiger partial charge in [-0.3, -0.25) is 4.79 Å². The summed E-state index contributed by atoms with van der Waals surface area (Å²) >= 11 is 1.82. The Balaban J connectivity index is 1.92.